The summed E-state index contributed by atoms with van der Waals surface area (Å²) in [5.41, 5.74) is -0.110. The Morgan fingerprint density at radius 1 is 1.42 bits per heavy atom. The number of nitrogens with zero attached hydrogens (tertiary/aromatic N) is 4. The van der Waals surface area contributed by atoms with Crippen molar-refractivity contribution < 1.29 is 22.9 Å². The van der Waals surface area contributed by atoms with Gasteiger partial charge in [0.2, 0.25) is 11.6 Å². The van der Waals surface area contributed by atoms with E-state index in [1.54, 1.807) is 4.90 Å². The van der Waals surface area contributed by atoms with Crippen LogP contribution in [0.2, 0.25) is 0 Å². The molecule has 1 atom stereocenters. The largest absolute Gasteiger partial charge is 0.449 e. The van der Waals surface area contributed by atoms with Crippen molar-refractivity contribution in [2.24, 2.45) is 5.92 Å². The van der Waals surface area contributed by atoms with Crippen LogP contribution in [-0.2, 0) is 11.3 Å². The summed E-state index contributed by atoms with van der Waals surface area (Å²) in [5, 5.41) is 15.1. The van der Waals surface area contributed by atoms with Gasteiger partial charge in [-0.15, -0.1) is 0 Å². The van der Waals surface area contributed by atoms with Crippen LogP contribution in [-0.4, -0.2) is 39.8 Å². The number of Topliss-reactive ketones (excluding diaryl/α,β-unsaturated/α-hetero) is 1. The Morgan fingerprint density at radius 2 is 2.12 bits per heavy atom. The minimum absolute atomic E-state index is 0.110. The van der Waals surface area contributed by atoms with Crippen LogP contribution in [0.25, 0.3) is 0 Å². The van der Waals surface area contributed by atoms with Gasteiger partial charge >= 0.3 is 11.9 Å². The summed E-state index contributed by atoms with van der Waals surface area (Å²) in [6.07, 6.45) is -2.69. The highest BCUT2D eigenvalue weighted by molar-refractivity contribution is 5.84. The molecule has 0 radical (unpaired) electrons. The SMILES string of the molecule is CCn1ncc([N+](=O)[O-])c1N1CCC[C@H](CC(=O)C(F)(F)F)CC1. The third-order valence-corrected chi connectivity index (χ3v) is 4.23. The third kappa shape index (κ3) is 4.04. The second-order valence-electron chi connectivity index (χ2n) is 5.84. The van der Waals surface area contributed by atoms with Crippen LogP contribution in [0, 0.1) is 16.0 Å². The number of aromatic nitrogens is 2. The Hall–Kier alpha value is -2.13. The molecule has 0 spiro atoms. The van der Waals surface area contributed by atoms with Crippen LogP contribution in [0.1, 0.15) is 32.6 Å². The van der Waals surface area contributed by atoms with E-state index in [1.165, 1.54) is 10.9 Å². The number of alkyl halides is 3. The Labute approximate surface area is 136 Å². The zero-order valence-corrected chi connectivity index (χ0v) is 13.3. The van der Waals surface area contributed by atoms with Gasteiger partial charge in [0.15, 0.2) is 0 Å². The van der Waals surface area contributed by atoms with E-state index in [2.05, 4.69) is 5.10 Å². The van der Waals surface area contributed by atoms with E-state index in [9.17, 15) is 28.1 Å². The molecule has 1 fully saturated rings. The molecule has 1 saturated heterocycles. The van der Waals surface area contributed by atoms with Gasteiger partial charge in [-0.05, 0) is 32.1 Å². The first kappa shape index (κ1) is 18.2. The molecule has 0 aromatic carbocycles. The molecule has 7 nitrogen and oxygen atoms in total. The molecule has 1 aliphatic rings. The molecular formula is C14H19F3N4O3. The molecule has 1 aromatic rings. The molecule has 0 bridgehead atoms. The van der Waals surface area contributed by atoms with Crippen LogP contribution >= 0.6 is 0 Å². The van der Waals surface area contributed by atoms with Crippen molar-refractivity contribution in [3.63, 3.8) is 0 Å². The van der Waals surface area contributed by atoms with Crippen LogP contribution in [0.4, 0.5) is 24.7 Å². The first-order valence-corrected chi connectivity index (χ1v) is 7.79. The summed E-state index contributed by atoms with van der Waals surface area (Å²) in [6, 6.07) is 0. The lowest BCUT2D eigenvalue weighted by atomic mass is 9.94. The van der Waals surface area contributed by atoms with E-state index >= 15 is 0 Å². The molecular weight excluding hydrogens is 329 g/mol. The minimum atomic E-state index is -4.80. The van der Waals surface area contributed by atoms with Gasteiger partial charge in [-0.2, -0.15) is 18.3 Å². The van der Waals surface area contributed by atoms with E-state index in [0.717, 1.165) is 0 Å². The number of carbonyl (C=O) groups excluding carboxylic acids is 1. The number of aryl methyl sites for hydroxylation is 1. The van der Waals surface area contributed by atoms with Crippen molar-refractivity contribution in [1.82, 2.24) is 9.78 Å². The van der Waals surface area contributed by atoms with Gasteiger partial charge in [-0.1, -0.05) is 0 Å². The number of nitro groups is 1. The minimum Gasteiger partial charge on any atom is -0.351 e. The van der Waals surface area contributed by atoms with Gasteiger partial charge in [0.1, 0.15) is 6.20 Å². The number of hydrogen-bond acceptors (Lipinski definition) is 5. The first-order chi connectivity index (χ1) is 11.2. The van der Waals surface area contributed by atoms with Gasteiger partial charge in [0.05, 0.1) is 4.92 Å². The highest BCUT2D eigenvalue weighted by Crippen LogP contribution is 2.32. The number of anilines is 1. The molecule has 2 rings (SSSR count). The maximum absolute atomic E-state index is 12.4. The standard InChI is InChI=1S/C14H19F3N4O3/c1-2-20-13(11(9-18-20)21(23)24)19-6-3-4-10(5-7-19)8-12(22)14(15,16)17/h9-10H,2-8H2,1H3/t10-/m0/s1. The van der Waals surface area contributed by atoms with E-state index in [4.69, 9.17) is 0 Å². The fourth-order valence-corrected chi connectivity index (χ4v) is 3.01. The summed E-state index contributed by atoms with van der Waals surface area (Å²) in [5.74, 6) is -1.68. The summed E-state index contributed by atoms with van der Waals surface area (Å²) in [6.45, 7) is 3.12. The zero-order chi connectivity index (χ0) is 17.9. The van der Waals surface area contributed by atoms with Crippen LogP contribution in [0.15, 0.2) is 6.20 Å². The predicted molar refractivity (Wildman–Crippen MR) is 79.8 cm³/mol. The molecule has 0 unspecified atom stereocenters. The quantitative estimate of drug-likeness (QED) is 0.604. The van der Waals surface area contributed by atoms with Crippen LogP contribution < -0.4 is 4.90 Å². The maximum Gasteiger partial charge on any atom is 0.449 e. The first-order valence-electron chi connectivity index (χ1n) is 7.79. The average Bonchev–Trinajstić information content (AvgIpc) is 2.80. The topological polar surface area (TPSA) is 81.3 Å². The highest BCUT2D eigenvalue weighted by Gasteiger charge is 2.39. The molecule has 134 valence electrons. The number of halogens is 3. The van der Waals surface area contributed by atoms with E-state index in [0.29, 0.717) is 44.7 Å². The second-order valence-corrected chi connectivity index (χ2v) is 5.84. The van der Waals surface area contributed by atoms with Crippen molar-refractivity contribution in [3.05, 3.63) is 16.3 Å². The third-order valence-electron chi connectivity index (χ3n) is 4.23. The summed E-state index contributed by atoms with van der Waals surface area (Å²) in [7, 11) is 0. The van der Waals surface area contributed by atoms with E-state index in [1.807, 2.05) is 6.92 Å². The number of rotatable bonds is 5. The number of carbonyl (C=O) groups is 1. The lowest BCUT2D eigenvalue weighted by molar-refractivity contribution is -0.384. The van der Waals surface area contributed by atoms with Crippen molar-refractivity contribution in [3.8, 4) is 0 Å². The lowest BCUT2D eigenvalue weighted by Gasteiger charge is -2.22. The van der Waals surface area contributed by atoms with Gasteiger partial charge < -0.3 is 4.90 Å². The molecule has 1 aromatic heterocycles. The molecule has 1 aliphatic heterocycles. The van der Waals surface area contributed by atoms with Gasteiger partial charge in [-0.3, -0.25) is 14.9 Å². The number of ketones is 1. The Balaban J connectivity index is 2.10. The van der Waals surface area contributed by atoms with Crippen molar-refractivity contribution in [1.29, 1.82) is 0 Å². The van der Waals surface area contributed by atoms with Crippen molar-refractivity contribution in [2.45, 2.75) is 45.3 Å². The average molecular weight is 348 g/mol. The molecule has 24 heavy (non-hydrogen) atoms. The maximum atomic E-state index is 12.4. The fraction of sp³-hybridized carbons (Fsp3) is 0.714. The zero-order valence-electron chi connectivity index (χ0n) is 13.3. The monoisotopic (exact) mass is 348 g/mol. The molecule has 0 N–H and O–H groups in total. The predicted octanol–water partition coefficient (Wildman–Crippen LogP) is 2.94. The molecule has 2 heterocycles. The van der Waals surface area contributed by atoms with E-state index < -0.39 is 23.3 Å². The highest BCUT2D eigenvalue weighted by atomic mass is 19.4. The number of hydrogen-bond donors (Lipinski definition) is 0. The summed E-state index contributed by atoms with van der Waals surface area (Å²) in [4.78, 5) is 23.6. The second kappa shape index (κ2) is 7.18. The van der Waals surface area contributed by atoms with Crippen LogP contribution in [0.5, 0.6) is 0 Å². The fourth-order valence-electron chi connectivity index (χ4n) is 3.01. The normalized spacial score (nSPS) is 19.2. The van der Waals surface area contributed by atoms with E-state index in [-0.39, 0.29) is 11.6 Å². The van der Waals surface area contributed by atoms with Gasteiger partial charge in [0, 0.05) is 26.1 Å². The van der Waals surface area contributed by atoms with Gasteiger partial charge in [0.25, 0.3) is 0 Å². The lowest BCUT2D eigenvalue weighted by Crippen LogP contribution is -2.28. The summed E-state index contributed by atoms with van der Waals surface area (Å²) >= 11 is 0. The molecule has 10 heteroatoms. The van der Waals surface area contributed by atoms with Crippen molar-refractivity contribution in [2.75, 3.05) is 18.0 Å². The Bertz CT molecular complexity index is 615. The Kier molecular flexibility index (Phi) is 5.45. The Morgan fingerprint density at radius 3 is 2.71 bits per heavy atom. The summed E-state index contributed by atoms with van der Waals surface area (Å²) < 4.78 is 38.7. The molecule has 0 aliphatic carbocycles. The molecule has 0 amide bonds. The van der Waals surface area contributed by atoms with Crippen molar-refractivity contribution >= 4 is 17.3 Å². The molecule has 0 saturated carbocycles. The van der Waals surface area contributed by atoms with Gasteiger partial charge in [-0.25, -0.2) is 4.68 Å². The van der Waals surface area contributed by atoms with Crippen LogP contribution in [0.3, 0.4) is 0 Å². The smallest absolute Gasteiger partial charge is 0.351 e.